The SMILES string of the molecule is C=CCOC(=O)[C@@H]1C(=O)C[C@](C)(O)[C@@H](C(=O)OCC=C)[C@H]1c1ccc(C(=O)OC)cc1. The molecule has 1 fully saturated rings. The van der Waals surface area contributed by atoms with Crippen molar-refractivity contribution in [3.05, 3.63) is 60.7 Å². The lowest BCUT2D eigenvalue weighted by atomic mass is 9.61. The van der Waals surface area contributed by atoms with Gasteiger partial charge >= 0.3 is 17.9 Å². The van der Waals surface area contributed by atoms with Crippen LogP contribution >= 0.6 is 0 Å². The Kier molecular flexibility index (Phi) is 7.88. The second-order valence-corrected chi connectivity index (χ2v) is 7.43. The third kappa shape index (κ3) is 5.27. The minimum Gasteiger partial charge on any atom is -0.465 e. The fourth-order valence-electron chi connectivity index (χ4n) is 3.84. The highest BCUT2D eigenvalue weighted by Gasteiger charge is 2.57. The van der Waals surface area contributed by atoms with Crippen LogP contribution in [-0.4, -0.2) is 54.7 Å². The highest BCUT2D eigenvalue weighted by atomic mass is 16.5. The summed E-state index contributed by atoms with van der Waals surface area (Å²) in [6.07, 6.45) is 2.30. The van der Waals surface area contributed by atoms with Crippen LogP contribution in [0, 0.1) is 11.8 Å². The second kappa shape index (κ2) is 10.2. The first-order valence-electron chi connectivity index (χ1n) is 9.66. The van der Waals surface area contributed by atoms with Gasteiger partial charge in [-0.1, -0.05) is 37.4 Å². The highest BCUT2D eigenvalue weighted by Crippen LogP contribution is 2.46. The van der Waals surface area contributed by atoms with Crippen LogP contribution in [0.25, 0.3) is 0 Å². The summed E-state index contributed by atoms with van der Waals surface area (Å²) >= 11 is 0. The van der Waals surface area contributed by atoms with E-state index in [4.69, 9.17) is 9.47 Å². The molecule has 8 heteroatoms. The van der Waals surface area contributed by atoms with Gasteiger partial charge in [-0.3, -0.25) is 14.4 Å². The zero-order chi connectivity index (χ0) is 23.2. The Labute approximate surface area is 180 Å². The molecule has 0 amide bonds. The van der Waals surface area contributed by atoms with Gasteiger partial charge in [0, 0.05) is 12.3 Å². The number of hydrogen-bond donors (Lipinski definition) is 1. The van der Waals surface area contributed by atoms with Gasteiger partial charge in [-0.2, -0.15) is 0 Å². The molecular weight excluding hydrogens is 404 g/mol. The number of hydrogen-bond acceptors (Lipinski definition) is 8. The average Bonchev–Trinajstić information content (AvgIpc) is 2.74. The third-order valence-electron chi connectivity index (χ3n) is 5.18. The van der Waals surface area contributed by atoms with Gasteiger partial charge in [0.05, 0.1) is 24.2 Å². The summed E-state index contributed by atoms with van der Waals surface area (Å²) in [6.45, 7) is 8.11. The molecule has 0 radical (unpaired) electrons. The van der Waals surface area contributed by atoms with Gasteiger partial charge < -0.3 is 19.3 Å². The number of ether oxygens (including phenoxy) is 3. The van der Waals surface area contributed by atoms with Crippen LogP contribution in [0.3, 0.4) is 0 Å². The van der Waals surface area contributed by atoms with Crippen molar-refractivity contribution in [3.63, 3.8) is 0 Å². The molecule has 1 aliphatic carbocycles. The molecule has 1 aromatic carbocycles. The number of rotatable bonds is 8. The Balaban J connectivity index is 2.58. The average molecular weight is 430 g/mol. The first-order chi connectivity index (χ1) is 14.7. The van der Waals surface area contributed by atoms with Gasteiger partial charge in [0.25, 0.3) is 0 Å². The monoisotopic (exact) mass is 430 g/mol. The van der Waals surface area contributed by atoms with Gasteiger partial charge in [0.2, 0.25) is 0 Å². The zero-order valence-corrected chi connectivity index (χ0v) is 17.5. The Morgan fingerprint density at radius 3 is 2.16 bits per heavy atom. The molecule has 1 saturated carbocycles. The Morgan fingerprint density at radius 2 is 1.65 bits per heavy atom. The second-order valence-electron chi connectivity index (χ2n) is 7.43. The molecule has 31 heavy (non-hydrogen) atoms. The summed E-state index contributed by atoms with van der Waals surface area (Å²) < 4.78 is 15.0. The number of aliphatic hydroxyl groups is 1. The summed E-state index contributed by atoms with van der Waals surface area (Å²) in [5.74, 6) is -6.39. The van der Waals surface area contributed by atoms with E-state index in [2.05, 4.69) is 17.9 Å². The highest BCUT2D eigenvalue weighted by molar-refractivity contribution is 6.03. The predicted octanol–water partition coefficient (Wildman–Crippen LogP) is 1.97. The van der Waals surface area contributed by atoms with Gasteiger partial charge in [0.15, 0.2) is 5.78 Å². The molecule has 0 unspecified atom stereocenters. The van der Waals surface area contributed by atoms with Crippen molar-refractivity contribution in [1.29, 1.82) is 0 Å². The number of methoxy groups -OCH3 is 1. The molecule has 166 valence electrons. The first-order valence-corrected chi connectivity index (χ1v) is 9.66. The third-order valence-corrected chi connectivity index (χ3v) is 5.18. The van der Waals surface area contributed by atoms with Crippen LogP contribution in [0.15, 0.2) is 49.6 Å². The van der Waals surface area contributed by atoms with E-state index < -0.39 is 53.5 Å². The number of ketones is 1. The lowest BCUT2D eigenvalue weighted by Gasteiger charge is -2.43. The number of carbonyl (C=O) groups excluding carboxylic acids is 4. The number of benzene rings is 1. The summed E-state index contributed by atoms with van der Waals surface area (Å²) in [5, 5.41) is 11.0. The van der Waals surface area contributed by atoms with Crippen LogP contribution < -0.4 is 0 Å². The van der Waals surface area contributed by atoms with Crippen molar-refractivity contribution < 1.29 is 38.5 Å². The lowest BCUT2D eigenvalue weighted by molar-refractivity contribution is -0.172. The minimum atomic E-state index is -1.77. The maximum Gasteiger partial charge on any atom is 0.337 e. The molecule has 0 spiro atoms. The zero-order valence-electron chi connectivity index (χ0n) is 17.5. The summed E-state index contributed by atoms with van der Waals surface area (Å²) in [5.41, 5.74) is -1.13. The maximum atomic E-state index is 12.9. The first kappa shape index (κ1) is 24.0. The van der Waals surface area contributed by atoms with Crippen molar-refractivity contribution in [2.24, 2.45) is 11.8 Å². The van der Waals surface area contributed by atoms with E-state index in [0.717, 1.165) is 0 Å². The van der Waals surface area contributed by atoms with Crippen LogP contribution in [0.2, 0.25) is 0 Å². The van der Waals surface area contributed by atoms with Crippen molar-refractivity contribution in [3.8, 4) is 0 Å². The molecule has 1 aromatic rings. The van der Waals surface area contributed by atoms with E-state index in [0.29, 0.717) is 5.56 Å². The van der Waals surface area contributed by atoms with Crippen LogP contribution in [0.4, 0.5) is 0 Å². The molecular formula is C23H26O8. The van der Waals surface area contributed by atoms with Crippen molar-refractivity contribution in [2.75, 3.05) is 20.3 Å². The topological polar surface area (TPSA) is 116 Å². The maximum absolute atomic E-state index is 12.9. The number of carbonyl (C=O) groups is 4. The normalized spacial score (nSPS) is 25.3. The lowest BCUT2D eigenvalue weighted by Crippen LogP contribution is -2.55. The Morgan fingerprint density at radius 1 is 1.10 bits per heavy atom. The summed E-state index contributed by atoms with van der Waals surface area (Å²) in [7, 11) is 1.24. The summed E-state index contributed by atoms with van der Waals surface area (Å²) in [6, 6.07) is 5.92. The predicted molar refractivity (Wildman–Crippen MR) is 110 cm³/mol. The van der Waals surface area contributed by atoms with E-state index >= 15 is 0 Å². The number of Topliss-reactive ketones (excluding diaryl/α,β-unsaturated/α-hetero) is 1. The van der Waals surface area contributed by atoms with Crippen LogP contribution in [0.1, 0.15) is 35.2 Å². The molecule has 0 aliphatic heterocycles. The minimum absolute atomic E-state index is 0.0983. The van der Waals surface area contributed by atoms with E-state index in [1.54, 1.807) is 0 Å². The molecule has 0 bridgehead atoms. The van der Waals surface area contributed by atoms with Crippen molar-refractivity contribution in [2.45, 2.75) is 24.9 Å². The molecule has 1 aliphatic rings. The van der Waals surface area contributed by atoms with Crippen LogP contribution in [-0.2, 0) is 28.6 Å². The quantitative estimate of drug-likeness (QED) is 0.288. The van der Waals surface area contributed by atoms with E-state index in [9.17, 15) is 24.3 Å². The molecule has 1 N–H and O–H groups in total. The molecule has 4 atom stereocenters. The molecule has 0 aromatic heterocycles. The number of esters is 3. The van der Waals surface area contributed by atoms with Crippen molar-refractivity contribution >= 4 is 23.7 Å². The fourth-order valence-corrected chi connectivity index (χ4v) is 3.84. The van der Waals surface area contributed by atoms with E-state index in [1.165, 1.54) is 50.5 Å². The molecule has 2 rings (SSSR count). The summed E-state index contributed by atoms with van der Waals surface area (Å²) in [4.78, 5) is 50.3. The largest absolute Gasteiger partial charge is 0.465 e. The molecule has 0 heterocycles. The standard InChI is InChI=1S/C23H26O8/c1-5-11-30-21(26)18-16(24)13-23(3,28)19(22(27)31-12-6-2)17(18)14-7-9-15(10-8-14)20(25)29-4/h5-10,17-19,28H,1-2,11-13H2,3-4H3/t17-,18+,19+,23-/m0/s1. The van der Waals surface area contributed by atoms with Crippen molar-refractivity contribution in [1.82, 2.24) is 0 Å². The molecule has 0 saturated heterocycles. The Hall–Kier alpha value is -3.26. The fraction of sp³-hybridized carbons (Fsp3) is 0.391. The van der Waals surface area contributed by atoms with Gasteiger partial charge in [-0.25, -0.2) is 4.79 Å². The van der Waals surface area contributed by atoms with Crippen LogP contribution in [0.5, 0.6) is 0 Å². The van der Waals surface area contributed by atoms with E-state index in [1.807, 2.05) is 0 Å². The van der Waals surface area contributed by atoms with Gasteiger partial charge in [-0.15, -0.1) is 0 Å². The smallest absolute Gasteiger partial charge is 0.337 e. The Bertz CT molecular complexity index is 868. The van der Waals surface area contributed by atoms with Gasteiger partial charge in [-0.05, 0) is 24.6 Å². The molecule has 8 nitrogen and oxygen atoms in total. The van der Waals surface area contributed by atoms with Gasteiger partial charge in [0.1, 0.15) is 19.1 Å². The van der Waals surface area contributed by atoms with E-state index in [-0.39, 0.29) is 18.8 Å².